The molecule has 1 aliphatic heterocycles. The van der Waals surface area contributed by atoms with E-state index < -0.39 is 11.5 Å². The molecule has 1 rings (SSSR count). The van der Waals surface area contributed by atoms with Gasteiger partial charge in [-0.2, -0.15) is 0 Å². The Balaban J connectivity index is 2.77. The van der Waals surface area contributed by atoms with Gasteiger partial charge in [0.15, 0.2) is 0 Å². The summed E-state index contributed by atoms with van der Waals surface area (Å²) < 4.78 is 0. The van der Waals surface area contributed by atoms with Crippen LogP contribution in [0, 0.1) is 5.92 Å². The number of carboxylic acid groups (broad SMARTS) is 1. The van der Waals surface area contributed by atoms with Gasteiger partial charge < -0.3 is 5.11 Å². The molecule has 0 bridgehead atoms. The molecule has 1 N–H and O–H groups in total. The molecule has 17 heavy (non-hydrogen) atoms. The number of carboxylic acids is 1. The molecule has 1 atom stereocenters. The number of likely N-dealkylation sites (tertiary alicyclic amines) is 1. The smallest absolute Gasteiger partial charge is 0.324 e. The van der Waals surface area contributed by atoms with Gasteiger partial charge >= 0.3 is 5.97 Å². The molecule has 3 nitrogen and oxygen atoms in total. The molecule has 1 unspecified atom stereocenters. The SMILES string of the molecule is CCCC1(C(=O)O)CCCN1CC(CC)CC. The third-order valence-corrected chi connectivity index (χ3v) is 4.32. The first kappa shape index (κ1) is 14.5. The Hall–Kier alpha value is -0.570. The monoisotopic (exact) mass is 241 g/mol. The summed E-state index contributed by atoms with van der Waals surface area (Å²) in [6.07, 6.45) is 5.90. The van der Waals surface area contributed by atoms with Crippen molar-refractivity contribution in [3.63, 3.8) is 0 Å². The van der Waals surface area contributed by atoms with E-state index in [2.05, 4.69) is 25.7 Å². The van der Waals surface area contributed by atoms with E-state index in [-0.39, 0.29) is 0 Å². The quantitative estimate of drug-likeness (QED) is 0.744. The summed E-state index contributed by atoms with van der Waals surface area (Å²) in [6, 6.07) is 0. The zero-order valence-electron chi connectivity index (χ0n) is 11.5. The summed E-state index contributed by atoms with van der Waals surface area (Å²) in [7, 11) is 0. The van der Waals surface area contributed by atoms with Crippen LogP contribution in [0.15, 0.2) is 0 Å². The van der Waals surface area contributed by atoms with Crippen molar-refractivity contribution < 1.29 is 9.90 Å². The lowest BCUT2D eigenvalue weighted by molar-refractivity contribution is -0.150. The maximum Gasteiger partial charge on any atom is 0.324 e. The van der Waals surface area contributed by atoms with Gasteiger partial charge in [0.25, 0.3) is 0 Å². The lowest BCUT2D eigenvalue weighted by Gasteiger charge is -2.36. The molecule has 0 aromatic rings. The highest BCUT2D eigenvalue weighted by atomic mass is 16.4. The predicted molar refractivity (Wildman–Crippen MR) is 70.2 cm³/mol. The molecule has 3 heteroatoms. The summed E-state index contributed by atoms with van der Waals surface area (Å²) in [5, 5.41) is 9.58. The Labute approximate surface area is 105 Å². The topological polar surface area (TPSA) is 40.5 Å². The second-order valence-corrected chi connectivity index (χ2v) is 5.32. The van der Waals surface area contributed by atoms with Gasteiger partial charge in [0, 0.05) is 6.54 Å². The molecule has 0 spiro atoms. The van der Waals surface area contributed by atoms with Crippen molar-refractivity contribution in [3.8, 4) is 0 Å². The van der Waals surface area contributed by atoms with Crippen LogP contribution >= 0.6 is 0 Å². The van der Waals surface area contributed by atoms with E-state index >= 15 is 0 Å². The summed E-state index contributed by atoms with van der Waals surface area (Å²) in [4.78, 5) is 13.9. The highest BCUT2D eigenvalue weighted by molar-refractivity contribution is 5.79. The Morgan fingerprint density at radius 2 is 2.00 bits per heavy atom. The Morgan fingerprint density at radius 3 is 2.47 bits per heavy atom. The first-order valence-electron chi connectivity index (χ1n) is 7.09. The average molecular weight is 241 g/mol. The van der Waals surface area contributed by atoms with Crippen LogP contribution in [0.1, 0.15) is 59.3 Å². The van der Waals surface area contributed by atoms with Gasteiger partial charge in [0.1, 0.15) is 5.54 Å². The maximum absolute atomic E-state index is 11.6. The molecule has 1 aliphatic rings. The van der Waals surface area contributed by atoms with E-state index in [0.29, 0.717) is 5.92 Å². The van der Waals surface area contributed by atoms with Crippen LogP contribution in [0.2, 0.25) is 0 Å². The minimum atomic E-state index is -0.609. The number of aliphatic carboxylic acids is 1. The van der Waals surface area contributed by atoms with E-state index in [9.17, 15) is 9.90 Å². The van der Waals surface area contributed by atoms with Gasteiger partial charge in [0.2, 0.25) is 0 Å². The number of hydrogen-bond donors (Lipinski definition) is 1. The number of carbonyl (C=O) groups is 1. The standard InChI is InChI=1S/C14H27NO2/c1-4-8-14(13(16)17)9-7-10-15(14)11-12(5-2)6-3/h12H,4-11H2,1-3H3,(H,16,17). The van der Waals surface area contributed by atoms with E-state index in [1.165, 1.54) is 0 Å². The van der Waals surface area contributed by atoms with E-state index in [1.807, 2.05) is 0 Å². The molecule has 100 valence electrons. The van der Waals surface area contributed by atoms with Gasteiger partial charge in [-0.1, -0.05) is 40.0 Å². The zero-order valence-corrected chi connectivity index (χ0v) is 11.5. The Bertz CT molecular complexity index is 251. The predicted octanol–water partition coefficient (Wildman–Crippen LogP) is 3.14. The molecule has 0 radical (unpaired) electrons. The minimum Gasteiger partial charge on any atom is -0.480 e. The Morgan fingerprint density at radius 1 is 1.35 bits per heavy atom. The van der Waals surface area contributed by atoms with Crippen LogP contribution in [-0.2, 0) is 4.79 Å². The Kier molecular flexibility index (Phi) is 5.44. The van der Waals surface area contributed by atoms with Crippen molar-refractivity contribution in [2.75, 3.05) is 13.1 Å². The first-order valence-corrected chi connectivity index (χ1v) is 7.09. The fourth-order valence-electron chi connectivity index (χ4n) is 3.10. The third kappa shape index (κ3) is 3.01. The van der Waals surface area contributed by atoms with Gasteiger partial charge in [-0.25, -0.2) is 0 Å². The maximum atomic E-state index is 11.6. The van der Waals surface area contributed by atoms with Crippen LogP contribution in [0.25, 0.3) is 0 Å². The van der Waals surface area contributed by atoms with Crippen LogP contribution in [0.3, 0.4) is 0 Å². The lowest BCUT2D eigenvalue weighted by atomic mass is 9.89. The zero-order chi connectivity index (χ0) is 12.9. The van der Waals surface area contributed by atoms with Crippen molar-refractivity contribution >= 4 is 5.97 Å². The molecule has 1 fully saturated rings. The van der Waals surface area contributed by atoms with Crippen molar-refractivity contribution in [2.24, 2.45) is 5.92 Å². The summed E-state index contributed by atoms with van der Waals surface area (Å²) in [5.41, 5.74) is -0.558. The molecule has 0 aliphatic carbocycles. The summed E-state index contributed by atoms with van der Waals surface area (Å²) in [6.45, 7) is 8.40. The van der Waals surface area contributed by atoms with E-state index in [0.717, 1.165) is 51.6 Å². The highest BCUT2D eigenvalue weighted by Crippen LogP contribution is 2.35. The molecule has 1 saturated heterocycles. The lowest BCUT2D eigenvalue weighted by Crippen LogP contribution is -2.51. The number of hydrogen-bond acceptors (Lipinski definition) is 2. The van der Waals surface area contributed by atoms with Gasteiger partial charge in [0.05, 0.1) is 0 Å². The fourth-order valence-corrected chi connectivity index (χ4v) is 3.10. The third-order valence-electron chi connectivity index (χ3n) is 4.32. The molecular formula is C14H27NO2. The first-order chi connectivity index (χ1) is 8.10. The molecule has 0 saturated carbocycles. The highest BCUT2D eigenvalue weighted by Gasteiger charge is 2.46. The average Bonchev–Trinajstić information content (AvgIpc) is 2.70. The molecule has 0 aromatic heterocycles. The van der Waals surface area contributed by atoms with Gasteiger partial charge in [-0.15, -0.1) is 0 Å². The van der Waals surface area contributed by atoms with Crippen molar-refractivity contribution in [1.82, 2.24) is 4.90 Å². The second kappa shape index (κ2) is 6.39. The second-order valence-electron chi connectivity index (χ2n) is 5.32. The van der Waals surface area contributed by atoms with Gasteiger partial charge in [-0.05, 0) is 31.7 Å². The number of rotatable bonds is 7. The largest absolute Gasteiger partial charge is 0.480 e. The van der Waals surface area contributed by atoms with Crippen molar-refractivity contribution in [1.29, 1.82) is 0 Å². The van der Waals surface area contributed by atoms with Gasteiger partial charge in [-0.3, -0.25) is 9.69 Å². The van der Waals surface area contributed by atoms with Crippen LogP contribution in [-0.4, -0.2) is 34.6 Å². The summed E-state index contributed by atoms with van der Waals surface area (Å²) in [5.74, 6) is 0.0338. The number of nitrogens with zero attached hydrogens (tertiary/aromatic N) is 1. The molecule has 1 heterocycles. The molecule has 0 aromatic carbocycles. The molecular weight excluding hydrogens is 214 g/mol. The van der Waals surface area contributed by atoms with E-state index in [4.69, 9.17) is 0 Å². The normalized spacial score (nSPS) is 25.6. The van der Waals surface area contributed by atoms with Crippen molar-refractivity contribution in [2.45, 2.75) is 64.8 Å². The van der Waals surface area contributed by atoms with Crippen LogP contribution in [0.5, 0.6) is 0 Å². The molecule has 0 amide bonds. The van der Waals surface area contributed by atoms with Crippen LogP contribution in [0.4, 0.5) is 0 Å². The van der Waals surface area contributed by atoms with Crippen LogP contribution < -0.4 is 0 Å². The van der Waals surface area contributed by atoms with Crippen molar-refractivity contribution in [3.05, 3.63) is 0 Å². The van der Waals surface area contributed by atoms with E-state index in [1.54, 1.807) is 0 Å². The minimum absolute atomic E-state index is 0.558. The summed E-state index contributed by atoms with van der Waals surface area (Å²) >= 11 is 0. The fraction of sp³-hybridized carbons (Fsp3) is 0.929.